The first-order chi connectivity index (χ1) is 9.82. The van der Waals surface area contributed by atoms with E-state index >= 15 is 0 Å². The number of aromatic nitrogens is 2. The van der Waals surface area contributed by atoms with E-state index in [0.717, 1.165) is 23.5 Å². The lowest BCUT2D eigenvalue weighted by Crippen LogP contribution is -2.35. The smallest absolute Gasteiger partial charge is 0.220 e. The van der Waals surface area contributed by atoms with E-state index in [4.69, 9.17) is 0 Å². The number of aryl methyl sites for hydroxylation is 2. The molecule has 2 heterocycles. The molecule has 1 amide bonds. The van der Waals surface area contributed by atoms with Crippen LogP contribution in [0.4, 0.5) is 0 Å². The molecule has 0 saturated carbocycles. The zero-order chi connectivity index (χ0) is 15.6. The molecule has 7 heteroatoms. The summed E-state index contributed by atoms with van der Waals surface area (Å²) in [6, 6.07) is -0.219. The Hall–Kier alpha value is -1.37. The van der Waals surface area contributed by atoms with Crippen LogP contribution in [0.2, 0.25) is 0 Å². The van der Waals surface area contributed by atoms with Gasteiger partial charge in [-0.15, -0.1) is 0 Å². The molecule has 0 bridgehead atoms. The molecule has 0 spiro atoms. The first-order valence-corrected chi connectivity index (χ1v) is 9.17. The standard InChI is InChI=1S/C14H23N3O3S/c1-4-17-11(3)13(10(2)16-17)5-6-14(18)15-12-7-8-21(19,20)9-12/h12H,4-9H2,1-3H3,(H,15,18)/t12-/m0/s1. The highest BCUT2D eigenvalue weighted by atomic mass is 32.2. The van der Waals surface area contributed by atoms with E-state index in [1.54, 1.807) is 0 Å². The largest absolute Gasteiger partial charge is 0.352 e. The van der Waals surface area contributed by atoms with Gasteiger partial charge in [-0.3, -0.25) is 9.48 Å². The van der Waals surface area contributed by atoms with Crippen molar-refractivity contribution >= 4 is 15.7 Å². The average molecular weight is 313 g/mol. The van der Waals surface area contributed by atoms with Gasteiger partial charge in [0.25, 0.3) is 0 Å². The Kier molecular flexibility index (Phi) is 4.70. The second-order valence-electron chi connectivity index (χ2n) is 5.63. The van der Waals surface area contributed by atoms with Gasteiger partial charge in [-0.2, -0.15) is 5.10 Å². The molecule has 2 rings (SSSR count). The number of sulfone groups is 1. The van der Waals surface area contributed by atoms with E-state index in [0.29, 0.717) is 19.3 Å². The van der Waals surface area contributed by atoms with Crippen LogP contribution in [0.1, 0.15) is 36.7 Å². The second-order valence-corrected chi connectivity index (χ2v) is 7.86. The number of nitrogens with one attached hydrogen (secondary N) is 1. The molecule has 21 heavy (non-hydrogen) atoms. The molecule has 1 aromatic rings. The van der Waals surface area contributed by atoms with Crippen molar-refractivity contribution in [2.75, 3.05) is 11.5 Å². The van der Waals surface area contributed by atoms with Crippen LogP contribution in [-0.2, 0) is 27.6 Å². The molecule has 1 atom stereocenters. The third-order valence-electron chi connectivity index (χ3n) is 4.03. The summed E-state index contributed by atoms with van der Waals surface area (Å²) in [6.07, 6.45) is 1.54. The van der Waals surface area contributed by atoms with E-state index in [-0.39, 0.29) is 23.5 Å². The summed E-state index contributed by atoms with van der Waals surface area (Å²) in [5.74, 6) is 0.171. The van der Waals surface area contributed by atoms with Gasteiger partial charge in [0.1, 0.15) is 0 Å². The fourth-order valence-electron chi connectivity index (χ4n) is 2.85. The summed E-state index contributed by atoms with van der Waals surface area (Å²) in [6.45, 7) is 6.82. The lowest BCUT2D eigenvalue weighted by Gasteiger charge is -2.10. The van der Waals surface area contributed by atoms with Crippen molar-refractivity contribution in [1.82, 2.24) is 15.1 Å². The predicted molar refractivity (Wildman–Crippen MR) is 80.9 cm³/mol. The molecule has 0 aromatic carbocycles. The van der Waals surface area contributed by atoms with Gasteiger partial charge >= 0.3 is 0 Å². The number of nitrogens with zero attached hydrogens (tertiary/aromatic N) is 2. The summed E-state index contributed by atoms with van der Waals surface area (Å²) < 4.78 is 24.7. The van der Waals surface area contributed by atoms with Crippen LogP contribution in [0, 0.1) is 13.8 Å². The fourth-order valence-corrected chi connectivity index (χ4v) is 4.52. The maximum atomic E-state index is 11.9. The normalized spacial score (nSPS) is 20.6. The summed E-state index contributed by atoms with van der Waals surface area (Å²) in [4.78, 5) is 11.9. The molecule has 1 aliphatic rings. The molecule has 1 saturated heterocycles. The van der Waals surface area contributed by atoms with E-state index < -0.39 is 9.84 Å². The molecule has 1 aromatic heterocycles. The molecule has 118 valence electrons. The van der Waals surface area contributed by atoms with Crippen LogP contribution in [0.5, 0.6) is 0 Å². The van der Waals surface area contributed by atoms with Crippen LogP contribution < -0.4 is 5.32 Å². The molecule has 0 aliphatic carbocycles. The Morgan fingerprint density at radius 1 is 1.43 bits per heavy atom. The number of hydrogen-bond acceptors (Lipinski definition) is 4. The Labute approximate surface area is 125 Å². The van der Waals surface area contributed by atoms with Gasteiger partial charge in [-0.25, -0.2) is 8.42 Å². The number of rotatable bonds is 5. The Morgan fingerprint density at radius 3 is 2.67 bits per heavy atom. The van der Waals surface area contributed by atoms with Crippen LogP contribution in [0.25, 0.3) is 0 Å². The van der Waals surface area contributed by atoms with E-state index in [2.05, 4.69) is 10.4 Å². The van der Waals surface area contributed by atoms with Crippen molar-refractivity contribution in [2.45, 2.75) is 52.6 Å². The van der Waals surface area contributed by atoms with Crippen molar-refractivity contribution in [2.24, 2.45) is 0 Å². The lowest BCUT2D eigenvalue weighted by molar-refractivity contribution is -0.121. The summed E-state index contributed by atoms with van der Waals surface area (Å²) in [5.41, 5.74) is 3.18. The predicted octanol–water partition coefficient (Wildman–Crippen LogP) is 0.756. The minimum absolute atomic E-state index is 0.0740. The van der Waals surface area contributed by atoms with Gasteiger partial charge in [0, 0.05) is 24.7 Å². The molecule has 0 unspecified atom stereocenters. The SMILES string of the molecule is CCn1nc(C)c(CCC(=O)N[C@H]2CCS(=O)(=O)C2)c1C. The number of hydrogen-bond donors (Lipinski definition) is 1. The Balaban J connectivity index is 1.89. The maximum Gasteiger partial charge on any atom is 0.220 e. The van der Waals surface area contributed by atoms with Crippen molar-refractivity contribution < 1.29 is 13.2 Å². The first-order valence-electron chi connectivity index (χ1n) is 7.35. The molecule has 1 fully saturated rings. The van der Waals surface area contributed by atoms with Crippen LogP contribution in [-0.4, -0.2) is 41.7 Å². The fraction of sp³-hybridized carbons (Fsp3) is 0.714. The molecule has 6 nitrogen and oxygen atoms in total. The molecule has 1 aliphatic heterocycles. The molecular formula is C14H23N3O3S. The van der Waals surface area contributed by atoms with Gasteiger partial charge in [0.05, 0.1) is 17.2 Å². The van der Waals surface area contributed by atoms with Crippen molar-refractivity contribution in [3.8, 4) is 0 Å². The number of carbonyl (C=O) groups is 1. The van der Waals surface area contributed by atoms with Crippen molar-refractivity contribution in [1.29, 1.82) is 0 Å². The minimum atomic E-state index is -2.95. The zero-order valence-corrected chi connectivity index (χ0v) is 13.7. The van der Waals surface area contributed by atoms with E-state index in [1.807, 2.05) is 25.5 Å². The number of carbonyl (C=O) groups excluding carboxylic acids is 1. The molecule has 0 radical (unpaired) electrons. The monoisotopic (exact) mass is 313 g/mol. The zero-order valence-electron chi connectivity index (χ0n) is 12.8. The third-order valence-corrected chi connectivity index (χ3v) is 5.80. The average Bonchev–Trinajstić information content (AvgIpc) is 2.87. The Morgan fingerprint density at radius 2 is 2.14 bits per heavy atom. The highest BCUT2D eigenvalue weighted by molar-refractivity contribution is 7.91. The van der Waals surface area contributed by atoms with Gasteiger partial charge < -0.3 is 5.32 Å². The maximum absolute atomic E-state index is 11.9. The summed E-state index contributed by atoms with van der Waals surface area (Å²) in [5, 5.41) is 7.25. The van der Waals surface area contributed by atoms with Gasteiger partial charge in [0.15, 0.2) is 9.84 Å². The molecule has 1 N–H and O–H groups in total. The number of amides is 1. The highest BCUT2D eigenvalue weighted by Crippen LogP contribution is 2.16. The second kappa shape index (κ2) is 6.17. The van der Waals surface area contributed by atoms with E-state index in [1.165, 1.54) is 0 Å². The lowest BCUT2D eigenvalue weighted by atomic mass is 10.1. The quantitative estimate of drug-likeness (QED) is 0.870. The third kappa shape index (κ3) is 3.84. The first kappa shape index (κ1) is 16.0. The summed E-state index contributed by atoms with van der Waals surface area (Å²) >= 11 is 0. The summed E-state index contributed by atoms with van der Waals surface area (Å²) in [7, 11) is -2.95. The van der Waals surface area contributed by atoms with Crippen LogP contribution in [0.3, 0.4) is 0 Å². The van der Waals surface area contributed by atoms with Crippen LogP contribution in [0.15, 0.2) is 0 Å². The van der Waals surface area contributed by atoms with Gasteiger partial charge in [-0.05, 0) is 39.2 Å². The van der Waals surface area contributed by atoms with Gasteiger partial charge in [0.2, 0.25) is 5.91 Å². The van der Waals surface area contributed by atoms with Gasteiger partial charge in [-0.1, -0.05) is 0 Å². The van der Waals surface area contributed by atoms with Crippen molar-refractivity contribution in [3.05, 3.63) is 17.0 Å². The minimum Gasteiger partial charge on any atom is -0.352 e. The Bertz CT molecular complexity index is 634. The van der Waals surface area contributed by atoms with E-state index in [9.17, 15) is 13.2 Å². The van der Waals surface area contributed by atoms with Crippen LogP contribution >= 0.6 is 0 Å². The topological polar surface area (TPSA) is 81.1 Å². The molecular weight excluding hydrogens is 290 g/mol. The van der Waals surface area contributed by atoms with Crippen molar-refractivity contribution in [3.63, 3.8) is 0 Å². The highest BCUT2D eigenvalue weighted by Gasteiger charge is 2.28.